The van der Waals surface area contributed by atoms with Gasteiger partial charge in [-0.1, -0.05) is 15.9 Å². The van der Waals surface area contributed by atoms with Crippen molar-refractivity contribution in [2.75, 3.05) is 5.43 Å². The second-order valence-electron chi connectivity index (χ2n) is 5.06. The van der Waals surface area contributed by atoms with E-state index in [1.165, 1.54) is 28.5 Å². The van der Waals surface area contributed by atoms with Crippen molar-refractivity contribution in [1.82, 2.24) is 19.1 Å². The van der Waals surface area contributed by atoms with Crippen LogP contribution < -0.4 is 16.7 Å². The van der Waals surface area contributed by atoms with Gasteiger partial charge in [0.25, 0.3) is 5.56 Å². The molecule has 0 bridgehead atoms. The number of fused-ring (bicyclic) bond motifs is 1. The minimum atomic E-state index is -0.542. The molecule has 0 aliphatic heterocycles. The van der Waals surface area contributed by atoms with Gasteiger partial charge in [0, 0.05) is 24.1 Å². The Morgan fingerprint density at radius 2 is 2.08 bits per heavy atom. The molecule has 2 heterocycles. The maximum absolute atomic E-state index is 11.9. The lowest BCUT2D eigenvalue weighted by molar-refractivity contribution is 0.474. The first-order valence-corrected chi connectivity index (χ1v) is 7.61. The monoisotopic (exact) mass is 392 g/mol. The van der Waals surface area contributed by atoms with Crippen LogP contribution in [0.15, 0.2) is 37.4 Å². The van der Waals surface area contributed by atoms with Crippen molar-refractivity contribution in [3.05, 3.63) is 49.1 Å². The molecule has 3 N–H and O–H groups in total. The highest BCUT2D eigenvalue weighted by atomic mass is 79.9. The number of nitrogens with one attached hydrogen (secondary N) is 2. The van der Waals surface area contributed by atoms with Crippen LogP contribution in [0.5, 0.6) is 5.75 Å². The predicted molar refractivity (Wildman–Crippen MR) is 93.6 cm³/mol. The molecular formula is C14H13BrN6O3. The number of phenolic OH excluding ortho intramolecular Hbond substituents is 1. The Morgan fingerprint density at radius 1 is 1.33 bits per heavy atom. The molecule has 0 saturated heterocycles. The highest BCUT2D eigenvalue weighted by molar-refractivity contribution is 9.10. The number of phenols is 1. The number of aromatic nitrogens is 4. The number of hydrazone groups is 1. The first kappa shape index (κ1) is 16.0. The number of H-pyrrole nitrogens is 1. The summed E-state index contributed by atoms with van der Waals surface area (Å²) in [5.74, 6) is 0.357. The fourth-order valence-corrected chi connectivity index (χ4v) is 2.58. The van der Waals surface area contributed by atoms with Crippen LogP contribution in [-0.2, 0) is 14.1 Å². The first-order valence-electron chi connectivity index (χ1n) is 6.82. The van der Waals surface area contributed by atoms with E-state index in [0.29, 0.717) is 5.56 Å². The van der Waals surface area contributed by atoms with Crippen molar-refractivity contribution in [2.24, 2.45) is 19.2 Å². The fourth-order valence-electron chi connectivity index (χ4n) is 2.20. The summed E-state index contributed by atoms with van der Waals surface area (Å²) in [4.78, 5) is 30.0. The van der Waals surface area contributed by atoms with Crippen molar-refractivity contribution in [3.8, 4) is 5.75 Å². The Labute approximate surface area is 143 Å². The number of nitrogens with zero attached hydrogens (tertiary/aromatic N) is 4. The molecule has 2 aromatic heterocycles. The third kappa shape index (κ3) is 2.71. The molecular weight excluding hydrogens is 380 g/mol. The maximum atomic E-state index is 11.9. The number of hydrogen-bond donors (Lipinski definition) is 3. The highest BCUT2D eigenvalue weighted by Gasteiger charge is 2.14. The summed E-state index contributed by atoms with van der Waals surface area (Å²) < 4.78 is 3.53. The fraction of sp³-hybridized carbons (Fsp3) is 0.143. The van der Waals surface area contributed by atoms with Gasteiger partial charge in [0.05, 0.1) is 6.21 Å². The number of aromatic amines is 1. The molecule has 0 aliphatic carbocycles. The molecule has 0 saturated carbocycles. The average Bonchev–Trinajstić information content (AvgIpc) is 2.86. The van der Waals surface area contributed by atoms with Gasteiger partial charge in [-0.15, -0.1) is 0 Å². The van der Waals surface area contributed by atoms with Gasteiger partial charge in [0.15, 0.2) is 11.2 Å². The van der Waals surface area contributed by atoms with Crippen LogP contribution in [-0.4, -0.2) is 30.4 Å². The highest BCUT2D eigenvalue weighted by Crippen LogP contribution is 2.20. The number of hydrogen-bond acceptors (Lipinski definition) is 6. The minimum Gasteiger partial charge on any atom is -0.507 e. The number of anilines is 1. The second kappa shape index (κ2) is 5.96. The summed E-state index contributed by atoms with van der Waals surface area (Å²) in [7, 11) is 3.14. The van der Waals surface area contributed by atoms with Crippen molar-refractivity contribution in [2.45, 2.75) is 0 Å². The smallest absolute Gasteiger partial charge is 0.329 e. The zero-order valence-electron chi connectivity index (χ0n) is 12.7. The van der Waals surface area contributed by atoms with Gasteiger partial charge in [-0.3, -0.25) is 14.3 Å². The molecule has 0 spiro atoms. The Bertz CT molecular complexity index is 1080. The third-order valence-electron chi connectivity index (χ3n) is 3.49. The molecule has 1 aromatic carbocycles. The van der Waals surface area contributed by atoms with Gasteiger partial charge in [-0.2, -0.15) is 10.1 Å². The normalized spacial score (nSPS) is 11.5. The van der Waals surface area contributed by atoms with Crippen LogP contribution in [0.1, 0.15) is 5.56 Å². The molecule has 10 heteroatoms. The molecule has 0 radical (unpaired) electrons. The molecule has 3 aromatic rings. The largest absolute Gasteiger partial charge is 0.507 e. The van der Waals surface area contributed by atoms with E-state index >= 15 is 0 Å². The quantitative estimate of drug-likeness (QED) is 0.451. The van der Waals surface area contributed by atoms with Crippen LogP contribution in [0.3, 0.4) is 0 Å². The van der Waals surface area contributed by atoms with E-state index in [-0.39, 0.29) is 22.9 Å². The number of benzene rings is 1. The van der Waals surface area contributed by atoms with Crippen LogP contribution in [0, 0.1) is 0 Å². The maximum Gasteiger partial charge on any atom is 0.329 e. The van der Waals surface area contributed by atoms with Crippen LogP contribution in [0.2, 0.25) is 0 Å². The zero-order chi connectivity index (χ0) is 17.4. The van der Waals surface area contributed by atoms with Gasteiger partial charge in [-0.25, -0.2) is 10.2 Å². The lowest BCUT2D eigenvalue weighted by Crippen LogP contribution is -2.29. The predicted octanol–water partition coefficient (Wildman–Crippen LogP) is 0.874. The van der Waals surface area contributed by atoms with E-state index in [0.717, 1.165) is 4.47 Å². The number of rotatable bonds is 3. The average molecular weight is 393 g/mol. The van der Waals surface area contributed by atoms with Crippen LogP contribution in [0.25, 0.3) is 11.2 Å². The lowest BCUT2D eigenvalue weighted by atomic mass is 10.2. The van der Waals surface area contributed by atoms with E-state index in [1.54, 1.807) is 19.2 Å². The molecule has 0 aliphatic rings. The standard InChI is InChI=1S/C14H13BrN6O3/c1-20-10-11(21(2)14(24)18-12(10)23)17-13(20)19-16-6-7-5-8(15)3-4-9(7)22/h3-6,22H,1-2H3,(H,17,19)(H,18,23,24). The third-order valence-corrected chi connectivity index (χ3v) is 3.99. The van der Waals surface area contributed by atoms with Gasteiger partial charge in [0.2, 0.25) is 5.95 Å². The van der Waals surface area contributed by atoms with Crippen molar-refractivity contribution in [3.63, 3.8) is 0 Å². The Morgan fingerprint density at radius 3 is 2.83 bits per heavy atom. The van der Waals surface area contributed by atoms with Crippen LogP contribution >= 0.6 is 15.9 Å². The first-order chi connectivity index (χ1) is 11.4. The summed E-state index contributed by atoms with van der Waals surface area (Å²) in [6.45, 7) is 0. The van der Waals surface area contributed by atoms with Gasteiger partial charge >= 0.3 is 5.69 Å². The molecule has 0 atom stereocenters. The molecule has 9 nitrogen and oxygen atoms in total. The molecule has 0 fully saturated rings. The van der Waals surface area contributed by atoms with Crippen molar-refractivity contribution in [1.29, 1.82) is 0 Å². The van der Waals surface area contributed by atoms with Crippen molar-refractivity contribution >= 4 is 39.3 Å². The van der Waals surface area contributed by atoms with Gasteiger partial charge < -0.3 is 9.67 Å². The number of imidazole rings is 1. The molecule has 3 rings (SSSR count). The zero-order valence-corrected chi connectivity index (χ0v) is 14.3. The summed E-state index contributed by atoms with van der Waals surface area (Å²) in [6.07, 6.45) is 1.42. The lowest BCUT2D eigenvalue weighted by Gasteiger charge is -2.01. The molecule has 0 amide bonds. The van der Waals surface area contributed by atoms with Crippen LogP contribution in [0.4, 0.5) is 5.95 Å². The van der Waals surface area contributed by atoms with E-state index in [4.69, 9.17) is 0 Å². The van der Waals surface area contributed by atoms with E-state index in [1.807, 2.05) is 0 Å². The van der Waals surface area contributed by atoms with E-state index in [2.05, 4.69) is 36.4 Å². The number of aromatic hydroxyl groups is 1. The molecule has 124 valence electrons. The Kier molecular flexibility index (Phi) is 3.97. The van der Waals surface area contributed by atoms with Gasteiger partial charge in [-0.05, 0) is 18.2 Å². The second-order valence-corrected chi connectivity index (χ2v) is 5.97. The van der Waals surface area contributed by atoms with E-state index in [9.17, 15) is 14.7 Å². The molecule has 0 unspecified atom stereocenters. The molecule has 24 heavy (non-hydrogen) atoms. The van der Waals surface area contributed by atoms with E-state index < -0.39 is 11.2 Å². The summed E-state index contributed by atoms with van der Waals surface area (Å²) in [6, 6.07) is 4.94. The SMILES string of the molecule is Cn1c(NN=Cc2cc(Br)ccc2O)nc2c1c(=O)[nH]c(=O)n2C. The summed E-state index contributed by atoms with van der Waals surface area (Å²) in [5, 5.41) is 13.8. The Balaban J connectivity index is 1.98. The van der Waals surface area contributed by atoms with Crippen molar-refractivity contribution < 1.29 is 5.11 Å². The summed E-state index contributed by atoms with van der Waals surface area (Å²) >= 11 is 3.31. The number of halogens is 1. The topological polar surface area (TPSA) is 117 Å². The number of aryl methyl sites for hydroxylation is 2. The Hall–Kier alpha value is -2.88. The van der Waals surface area contributed by atoms with Gasteiger partial charge in [0.1, 0.15) is 5.75 Å². The summed E-state index contributed by atoms with van der Waals surface area (Å²) in [5.41, 5.74) is 2.63. The minimum absolute atomic E-state index is 0.0765.